The average Bonchev–Trinajstić information content (AvgIpc) is 2.89. The Morgan fingerprint density at radius 1 is 1.19 bits per heavy atom. The van der Waals surface area contributed by atoms with Gasteiger partial charge in [0.1, 0.15) is 0 Å². The van der Waals surface area contributed by atoms with E-state index in [4.69, 9.17) is 11.6 Å². The van der Waals surface area contributed by atoms with Gasteiger partial charge in [0.25, 0.3) is 10.0 Å². The molecule has 0 fully saturated rings. The van der Waals surface area contributed by atoms with Gasteiger partial charge in [-0.15, -0.1) is 0 Å². The van der Waals surface area contributed by atoms with Crippen molar-refractivity contribution in [3.63, 3.8) is 0 Å². The Balaban J connectivity index is 2.25. The minimum absolute atomic E-state index is 0.0813. The van der Waals surface area contributed by atoms with E-state index in [0.29, 0.717) is 5.39 Å². The summed E-state index contributed by atoms with van der Waals surface area (Å²) >= 11 is 5.96. The van der Waals surface area contributed by atoms with E-state index in [1.54, 1.807) is 24.3 Å². The van der Waals surface area contributed by atoms with Crippen molar-refractivity contribution in [2.24, 2.45) is 0 Å². The zero-order chi connectivity index (χ0) is 15.2. The number of pyridine rings is 1. The Hall–Kier alpha value is -2.05. The molecule has 0 aliphatic heterocycles. The number of hydrogen-bond acceptors (Lipinski definition) is 4. The van der Waals surface area contributed by atoms with Gasteiger partial charge in [-0.2, -0.15) is 0 Å². The molecule has 0 aliphatic carbocycles. The summed E-state index contributed by atoms with van der Waals surface area (Å²) in [5.41, 5.74) is 1.15. The highest BCUT2D eigenvalue weighted by molar-refractivity contribution is 7.90. The van der Waals surface area contributed by atoms with Crippen molar-refractivity contribution in [1.82, 2.24) is 8.96 Å². The summed E-state index contributed by atoms with van der Waals surface area (Å²) in [6.45, 7) is 1.88. The molecule has 0 radical (unpaired) electrons. The monoisotopic (exact) mass is 322 g/mol. The molecule has 0 amide bonds. The third-order valence-electron chi connectivity index (χ3n) is 3.17. The lowest BCUT2D eigenvalue weighted by molar-refractivity contribution is 0.474. The largest absolute Gasteiger partial charge is 0.505 e. The van der Waals surface area contributed by atoms with E-state index in [1.807, 2.05) is 6.92 Å². The highest BCUT2D eigenvalue weighted by Crippen LogP contribution is 2.32. The van der Waals surface area contributed by atoms with Crippen LogP contribution < -0.4 is 0 Å². The second-order valence-electron chi connectivity index (χ2n) is 4.62. The first-order chi connectivity index (χ1) is 9.91. The molecular weight excluding hydrogens is 312 g/mol. The van der Waals surface area contributed by atoms with Crippen molar-refractivity contribution in [3.8, 4) is 5.75 Å². The van der Waals surface area contributed by atoms with E-state index in [-0.39, 0.29) is 21.3 Å². The minimum Gasteiger partial charge on any atom is -0.505 e. The number of rotatable bonds is 2. The maximum absolute atomic E-state index is 12.6. The third-order valence-corrected chi connectivity index (χ3v) is 5.25. The molecule has 3 aromatic rings. The molecule has 3 rings (SSSR count). The van der Waals surface area contributed by atoms with Gasteiger partial charge in [-0.3, -0.25) is 0 Å². The highest BCUT2D eigenvalue weighted by Gasteiger charge is 2.21. The van der Waals surface area contributed by atoms with Crippen molar-refractivity contribution in [2.75, 3.05) is 0 Å². The zero-order valence-corrected chi connectivity index (χ0v) is 12.6. The van der Waals surface area contributed by atoms with E-state index < -0.39 is 10.0 Å². The van der Waals surface area contributed by atoms with Gasteiger partial charge in [-0.25, -0.2) is 17.4 Å². The van der Waals surface area contributed by atoms with Gasteiger partial charge in [0.15, 0.2) is 11.4 Å². The predicted molar refractivity (Wildman–Crippen MR) is 80.2 cm³/mol. The molecular formula is C14H11ClN2O3S. The molecule has 2 aromatic heterocycles. The van der Waals surface area contributed by atoms with Crippen LogP contribution in [0.5, 0.6) is 5.75 Å². The molecule has 0 aliphatic rings. The number of benzene rings is 1. The van der Waals surface area contributed by atoms with Crippen LogP contribution >= 0.6 is 11.6 Å². The number of aromatic nitrogens is 2. The Labute approximate surface area is 126 Å². The maximum Gasteiger partial charge on any atom is 0.269 e. The van der Waals surface area contributed by atoms with E-state index in [1.165, 1.54) is 12.3 Å². The van der Waals surface area contributed by atoms with Gasteiger partial charge >= 0.3 is 0 Å². The van der Waals surface area contributed by atoms with Gasteiger partial charge in [0, 0.05) is 11.6 Å². The topological polar surface area (TPSA) is 72.2 Å². The minimum atomic E-state index is -3.75. The Kier molecular flexibility index (Phi) is 3.15. The first-order valence-corrected chi connectivity index (χ1v) is 7.90. The van der Waals surface area contributed by atoms with Gasteiger partial charge < -0.3 is 5.11 Å². The fraction of sp³-hybridized carbons (Fsp3) is 0.0714. The van der Waals surface area contributed by atoms with Crippen molar-refractivity contribution in [3.05, 3.63) is 53.3 Å². The maximum atomic E-state index is 12.6. The Bertz CT molecular complexity index is 931. The van der Waals surface area contributed by atoms with Crippen LogP contribution in [0, 0.1) is 6.92 Å². The lowest BCUT2D eigenvalue weighted by Gasteiger charge is -2.07. The van der Waals surface area contributed by atoms with Gasteiger partial charge in [-0.1, -0.05) is 29.3 Å². The summed E-state index contributed by atoms with van der Waals surface area (Å²) in [4.78, 5) is 4.12. The molecule has 0 saturated carbocycles. The van der Waals surface area contributed by atoms with E-state index >= 15 is 0 Å². The van der Waals surface area contributed by atoms with Crippen LogP contribution in [0.3, 0.4) is 0 Å². The van der Waals surface area contributed by atoms with Crippen LogP contribution in [-0.2, 0) is 10.0 Å². The average molecular weight is 323 g/mol. The van der Waals surface area contributed by atoms with E-state index in [9.17, 15) is 13.5 Å². The van der Waals surface area contributed by atoms with E-state index in [2.05, 4.69) is 4.98 Å². The fourth-order valence-corrected chi connectivity index (χ4v) is 3.54. The van der Waals surface area contributed by atoms with Crippen molar-refractivity contribution in [1.29, 1.82) is 0 Å². The molecule has 7 heteroatoms. The Morgan fingerprint density at radius 2 is 1.86 bits per heavy atom. The lowest BCUT2D eigenvalue weighted by Crippen LogP contribution is -2.12. The molecule has 2 heterocycles. The molecule has 21 heavy (non-hydrogen) atoms. The van der Waals surface area contributed by atoms with Gasteiger partial charge in [-0.05, 0) is 25.1 Å². The first kappa shape index (κ1) is 13.9. The normalized spacial score (nSPS) is 11.9. The number of halogens is 1. The smallest absolute Gasteiger partial charge is 0.269 e. The summed E-state index contributed by atoms with van der Waals surface area (Å²) in [6.07, 6.45) is 2.50. The number of fused-ring (bicyclic) bond motifs is 1. The second-order valence-corrected chi connectivity index (χ2v) is 6.82. The van der Waals surface area contributed by atoms with Crippen LogP contribution in [0.1, 0.15) is 5.56 Å². The number of hydrogen-bond donors (Lipinski definition) is 1. The summed E-state index contributed by atoms with van der Waals surface area (Å²) < 4.78 is 26.3. The SMILES string of the molecule is Cc1ccc(S(=O)(=O)n2ccc3c(Cl)c(O)cnc32)cc1. The van der Waals surface area contributed by atoms with Gasteiger partial charge in [0.05, 0.1) is 16.1 Å². The predicted octanol–water partition coefficient (Wildman–Crippen LogP) is 2.94. The van der Waals surface area contributed by atoms with Crippen LogP contribution in [0.4, 0.5) is 0 Å². The van der Waals surface area contributed by atoms with Crippen LogP contribution in [0.2, 0.25) is 5.02 Å². The van der Waals surface area contributed by atoms with E-state index in [0.717, 1.165) is 15.7 Å². The summed E-state index contributed by atoms with van der Waals surface area (Å²) in [5.74, 6) is -0.186. The number of nitrogens with zero attached hydrogens (tertiary/aromatic N) is 2. The van der Waals surface area contributed by atoms with Crippen LogP contribution in [0.25, 0.3) is 11.0 Å². The summed E-state index contributed by atoms with van der Waals surface area (Å²) in [7, 11) is -3.75. The summed E-state index contributed by atoms with van der Waals surface area (Å²) in [6, 6.07) is 8.04. The van der Waals surface area contributed by atoms with Crippen LogP contribution in [-0.4, -0.2) is 22.5 Å². The third kappa shape index (κ3) is 2.16. The summed E-state index contributed by atoms with van der Waals surface area (Å²) in [5, 5.41) is 9.99. The molecule has 0 unspecified atom stereocenters. The molecule has 108 valence electrons. The number of aryl methyl sites for hydroxylation is 1. The molecule has 0 atom stereocenters. The van der Waals surface area contributed by atoms with Crippen molar-refractivity contribution >= 4 is 32.7 Å². The zero-order valence-electron chi connectivity index (χ0n) is 11.0. The molecule has 1 aromatic carbocycles. The number of aromatic hydroxyl groups is 1. The van der Waals surface area contributed by atoms with Crippen LogP contribution in [0.15, 0.2) is 47.6 Å². The Morgan fingerprint density at radius 3 is 2.52 bits per heavy atom. The quantitative estimate of drug-likeness (QED) is 0.787. The fourth-order valence-electron chi connectivity index (χ4n) is 2.04. The van der Waals surface area contributed by atoms with Gasteiger partial charge in [0.2, 0.25) is 0 Å². The molecule has 0 saturated heterocycles. The highest BCUT2D eigenvalue weighted by atomic mass is 35.5. The first-order valence-electron chi connectivity index (χ1n) is 6.08. The van der Waals surface area contributed by atoms with Crippen molar-refractivity contribution < 1.29 is 13.5 Å². The second kappa shape index (κ2) is 4.75. The molecule has 5 nitrogen and oxygen atoms in total. The lowest BCUT2D eigenvalue weighted by atomic mass is 10.2. The van der Waals surface area contributed by atoms with Crippen molar-refractivity contribution in [2.45, 2.75) is 11.8 Å². The molecule has 1 N–H and O–H groups in total. The standard InChI is InChI=1S/C14H11ClN2O3S/c1-9-2-4-10(5-3-9)21(19,20)17-7-6-11-13(15)12(18)8-16-14(11)17/h2-8,18H,1H3. The molecule has 0 spiro atoms. The molecule has 0 bridgehead atoms.